The van der Waals surface area contributed by atoms with E-state index in [1.165, 1.54) is 13.8 Å². The Balaban J connectivity index is -0.000000720. The van der Waals surface area contributed by atoms with Gasteiger partial charge < -0.3 is 24.7 Å². The predicted octanol–water partition coefficient (Wildman–Crippen LogP) is -9.27. The van der Waals surface area contributed by atoms with Crippen LogP contribution in [-0.4, -0.2) is 35.3 Å². The van der Waals surface area contributed by atoms with E-state index in [-0.39, 0.29) is 59.1 Å². The molecule has 0 aliphatic rings. The minimum Gasteiger partial charge on any atom is -0.548 e. The topological polar surface area (TPSA) is 101 Å². The number of aliphatic carboxylic acids is 2. The Labute approximate surface area is 132 Å². The first-order chi connectivity index (χ1) is 5.86. The van der Waals surface area contributed by atoms with Gasteiger partial charge in [-0.2, -0.15) is 0 Å². The first-order valence-corrected chi connectivity index (χ1v) is 3.58. The molecule has 0 bridgehead atoms. The average Bonchev–Trinajstić information content (AvgIpc) is 1.97. The number of amides is 1. The number of hydrogen-bond donors (Lipinski definition) is 0. The Morgan fingerprint density at radius 3 is 1.73 bits per heavy atom. The number of carbonyl (C=O) groups excluding carboxylic acids is 3. The van der Waals surface area contributed by atoms with Gasteiger partial charge in [0.1, 0.15) is 5.97 Å². The molecule has 0 aromatic heterocycles. The number of hydrogen-bond acceptors (Lipinski definition) is 5. The van der Waals surface area contributed by atoms with Crippen LogP contribution in [0.1, 0.15) is 13.8 Å². The van der Waals surface area contributed by atoms with Crippen LogP contribution in [0.25, 0.3) is 0 Å². The number of carbonyl (C=O) groups is 3. The fraction of sp³-hybridized carbons (Fsp3) is 0.571. The molecule has 74 valence electrons. The molecule has 0 N–H and O–H groups in total. The van der Waals surface area contributed by atoms with Crippen molar-refractivity contribution < 1.29 is 83.7 Å². The third kappa shape index (κ3) is 8.24. The summed E-state index contributed by atoms with van der Waals surface area (Å²) in [6.45, 7) is 2.23. The first kappa shape index (κ1) is 20.8. The van der Waals surface area contributed by atoms with Crippen molar-refractivity contribution in [3.8, 4) is 0 Å². The Morgan fingerprint density at radius 2 is 1.53 bits per heavy atom. The smallest absolute Gasteiger partial charge is 0.548 e. The molecule has 0 aliphatic carbocycles. The summed E-state index contributed by atoms with van der Waals surface area (Å²) in [4.78, 5) is 31.7. The monoisotopic (exact) mass is 233 g/mol. The minimum atomic E-state index is -1.92. The van der Waals surface area contributed by atoms with E-state index < -0.39 is 30.4 Å². The molecule has 6 nitrogen and oxygen atoms in total. The molecule has 0 heterocycles. The van der Waals surface area contributed by atoms with Crippen molar-refractivity contribution in [1.29, 1.82) is 0 Å². The van der Waals surface area contributed by atoms with Crippen LogP contribution in [0, 0.1) is 0 Å². The Hall–Kier alpha value is 0.410. The van der Waals surface area contributed by atoms with E-state index in [4.69, 9.17) is 0 Å². The van der Waals surface area contributed by atoms with Crippen molar-refractivity contribution in [3.63, 3.8) is 0 Å². The SMILES string of the molecule is CC(C)N(CC(=O)[O-])C(=O)C(=O)[O-].[Na+].[Na+]. The summed E-state index contributed by atoms with van der Waals surface area (Å²) < 4.78 is 0. The molecule has 0 aromatic rings. The van der Waals surface area contributed by atoms with E-state index in [0.29, 0.717) is 4.90 Å². The summed E-state index contributed by atoms with van der Waals surface area (Å²) in [7, 11) is 0. The quantitative estimate of drug-likeness (QED) is 0.356. The van der Waals surface area contributed by atoms with Crippen LogP contribution >= 0.6 is 0 Å². The van der Waals surface area contributed by atoms with Crippen molar-refractivity contribution in [2.45, 2.75) is 19.9 Å². The third-order valence-corrected chi connectivity index (χ3v) is 1.36. The van der Waals surface area contributed by atoms with Crippen LogP contribution in [0.3, 0.4) is 0 Å². The summed E-state index contributed by atoms with van der Waals surface area (Å²) in [5.74, 6) is -4.78. The predicted molar refractivity (Wildman–Crippen MR) is 36.9 cm³/mol. The fourth-order valence-electron chi connectivity index (χ4n) is 0.745. The Kier molecular flexibility index (Phi) is 13.3. The summed E-state index contributed by atoms with van der Waals surface area (Å²) in [6.07, 6.45) is 0. The van der Waals surface area contributed by atoms with Gasteiger partial charge in [-0.05, 0) is 13.8 Å². The molecular weight excluding hydrogens is 224 g/mol. The second-order valence-electron chi connectivity index (χ2n) is 2.69. The molecule has 0 rings (SSSR count). The van der Waals surface area contributed by atoms with E-state index in [1.807, 2.05) is 0 Å². The van der Waals surface area contributed by atoms with Crippen molar-refractivity contribution >= 4 is 17.8 Å². The van der Waals surface area contributed by atoms with Crippen LogP contribution in [0.5, 0.6) is 0 Å². The van der Waals surface area contributed by atoms with Gasteiger partial charge in [-0.25, -0.2) is 0 Å². The molecule has 1 amide bonds. The molecule has 0 radical (unpaired) electrons. The molecule has 0 saturated heterocycles. The molecule has 8 heteroatoms. The maximum atomic E-state index is 10.8. The van der Waals surface area contributed by atoms with Crippen molar-refractivity contribution in [3.05, 3.63) is 0 Å². The van der Waals surface area contributed by atoms with Gasteiger partial charge in [-0.15, -0.1) is 0 Å². The molecular formula is C7H9NNa2O5. The molecule has 0 spiro atoms. The van der Waals surface area contributed by atoms with Crippen molar-refractivity contribution in [2.24, 2.45) is 0 Å². The third-order valence-electron chi connectivity index (χ3n) is 1.36. The Morgan fingerprint density at radius 1 is 1.13 bits per heavy atom. The second kappa shape index (κ2) is 9.62. The zero-order valence-electron chi connectivity index (χ0n) is 9.27. The zero-order valence-corrected chi connectivity index (χ0v) is 13.3. The summed E-state index contributed by atoms with van der Waals surface area (Å²) >= 11 is 0. The largest absolute Gasteiger partial charge is 1.00 e. The van der Waals surface area contributed by atoms with Crippen molar-refractivity contribution in [2.75, 3.05) is 6.54 Å². The first-order valence-electron chi connectivity index (χ1n) is 3.58. The number of nitrogens with zero attached hydrogens (tertiary/aromatic N) is 1. The van der Waals surface area contributed by atoms with E-state index >= 15 is 0 Å². The minimum absolute atomic E-state index is 0. The van der Waals surface area contributed by atoms with Crippen LogP contribution < -0.4 is 69.3 Å². The molecule has 0 unspecified atom stereocenters. The molecule has 0 aliphatic heterocycles. The number of carboxylic acids is 2. The van der Waals surface area contributed by atoms with Gasteiger partial charge in [0.25, 0.3) is 5.91 Å². The standard InChI is InChI=1S/C7H11NO5.2Na/c1-4(2)8(3-5(9)10)6(11)7(12)13;;/h4H,3H2,1-2H3,(H,9,10)(H,12,13);;/q;2*+1/p-2. The second-order valence-corrected chi connectivity index (χ2v) is 2.69. The van der Waals surface area contributed by atoms with Gasteiger partial charge in [0, 0.05) is 6.04 Å². The normalized spacial score (nSPS) is 8.47. The Bertz CT molecular complexity index is 244. The van der Waals surface area contributed by atoms with Crippen LogP contribution in [0.15, 0.2) is 0 Å². The number of rotatable bonds is 3. The average molecular weight is 233 g/mol. The summed E-state index contributed by atoms with van der Waals surface area (Å²) in [5, 5.41) is 20.2. The van der Waals surface area contributed by atoms with Crippen LogP contribution in [0.4, 0.5) is 0 Å². The molecule has 15 heavy (non-hydrogen) atoms. The van der Waals surface area contributed by atoms with Gasteiger partial charge in [0.2, 0.25) is 0 Å². The van der Waals surface area contributed by atoms with Gasteiger partial charge in [0.15, 0.2) is 0 Å². The summed E-state index contributed by atoms with van der Waals surface area (Å²) in [5.41, 5.74) is 0. The molecule has 0 fully saturated rings. The van der Waals surface area contributed by atoms with Crippen LogP contribution in [-0.2, 0) is 14.4 Å². The van der Waals surface area contributed by atoms with Gasteiger partial charge >= 0.3 is 59.1 Å². The van der Waals surface area contributed by atoms with Crippen LogP contribution in [0.2, 0.25) is 0 Å². The van der Waals surface area contributed by atoms with Gasteiger partial charge in [-0.3, -0.25) is 4.79 Å². The van der Waals surface area contributed by atoms with E-state index in [2.05, 4.69) is 0 Å². The molecule has 0 aromatic carbocycles. The fourth-order valence-corrected chi connectivity index (χ4v) is 0.745. The molecule has 0 atom stereocenters. The van der Waals surface area contributed by atoms with Crippen molar-refractivity contribution in [1.82, 2.24) is 4.90 Å². The van der Waals surface area contributed by atoms with E-state index in [0.717, 1.165) is 0 Å². The maximum absolute atomic E-state index is 10.8. The van der Waals surface area contributed by atoms with E-state index in [9.17, 15) is 24.6 Å². The maximum Gasteiger partial charge on any atom is 1.00 e. The van der Waals surface area contributed by atoms with Gasteiger partial charge in [0.05, 0.1) is 12.5 Å². The molecule has 0 saturated carbocycles. The number of carboxylic acid groups (broad SMARTS) is 2. The zero-order chi connectivity index (χ0) is 10.6. The van der Waals surface area contributed by atoms with E-state index in [1.54, 1.807) is 0 Å². The summed E-state index contributed by atoms with van der Waals surface area (Å²) in [6, 6.07) is -0.525. The van der Waals surface area contributed by atoms with Gasteiger partial charge in [-0.1, -0.05) is 0 Å².